The molecule has 5 N–H and O–H groups in total. The molecule has 48 valence electrons. The van der Waals surface area contributed by atoms with E-state index in [1.165, 1.54) is 0 Å². The van der Waals surface area contributed by atoms with Gasteiger partial charge in [0.05, 0.1) is 0 Å². The highest BCUT2D eigenvalue weighted by atomic mass is 31.2. The molecule has 8 heavy (non-hydrogen) atoms. The molecule has 2 atom stereocenters. The van der Waals surface area contributed by atoms with Crippen LogP contribution in [0, 0.1) is 0 Å². The molecule has 0 amide bonds. The normalized spacial score (nSPS) is 11.8. The maximum absolute atomic E-state index is 9.35. The highest BCUT2D eigenvalue weighted by molar-refractivity contribution is 7.45. The predicted molar refractivity (Wildman–Crippen MR) is 24.5 cm³/mol. The van der Waals surface area contributed by atoms with Gasteiger partial charge in [-0.2, -0.15) is 0 Å². The Kier molecular flexibility index (Phi) is 7.08. The topological polar surface area (TPSA) is 123 Å². The van der Waals surface area contributed by atoms with E-state index in [0.717, 1.165) is 0 Å². The lowest BCUT2D eigenvalue weighted by molar-refractivity contribution is -0.178. The van der Waals surface area contributed by atoms with E-state index in [9.17, 15) is 14.0 Å². The van der Waals surface area contributed by atoms with Crippen molar-refractivity contribution in [2.75, 3.05) is 0 Å². The zero-order chi connectivity index (χ0) is 5.86. The monoisotopic (exact) mass is 161 g/mol. The van der Waals surface area contributed by atoms with Gasteiger partial charge in [0.25, 0.3) is 0 Å². The fourth-order valence-corrected chi connectivity index (χ4v) is 0.513. The Morgan fingerprint density at radius 2 is 1.88 bits per heavy atom. The molecule has 0 saturated heterocycles. The van der Waals surface area contributed by atoms with Crippen LogP contribution in [0.5, 0.6) is 0 Å². The predicted octanol–water partition coefficient (Wildman–Crippen LogP) is 0.0466. The van der Waals surface area contributed by atoms with Gasteiger partial charge in [-0.1, -0.05) is 0 Å². The van der Waals surface area contributed by atoms with Crippen molar-refractivity contribution in [3.63, 3.8) is 0 Å². The third kappa shape index (κ3) is 9.40. The number of quaternary nitrogens is 1. The smallest absolute Gasteiger partial charge is 0.563 e. The molecule has 0 aromatic heterocycles. The summed E-state index contributed by atoms with van der Waals surface area (Å²) in [6.45, 7) is 0. The summed E-state index contributed by atoms with van der Waals surface area (Å²) in [4.78, 5) is 16.9. The average Bonchev–Trinajstić information content (AvgIpc) is 1.27. The zero-order valence-electron chi connectivity index (χ0n) is 3.97. The molecule has 0 aromatic rings. The van der Waals surface area contributed by atoms with Crippen LogP contribution in [0.4, 0.5) is 0 Å². The lowest BCUT2D eigenvalue weighted by Gasteiger charge is -1.63. The summed E-state index contributed by atoms with van der Waals surface area (Å²) in [7, 11) is -6.16. The van der Waals surface area contributed by atoms with Crippen molar-refractivity contribution in [2.24, 2.45) is 0 Å². The number of hydrogen-bond donors (Lipinski definition) is 2. The van der Waals surface area contributed by atoms with Crippen molar-refractivity contribution in [3.8, 4) is 0 Å². The maximum atomic E-state index is 9.35. The van der Waals surface area contributed by atoms with Crippen LogP contribution in [0.1, 0.15) is 0 Å². The van der Waals surface area contributed by atoms with Crippen LogP contribution in [0.25, 0.3) is 0 Å². The number of hydrogen-bond acceptors (Lipinski definition) is 4. The van der Waals surface area contributed by atoms with Crippen LogP contribution in [0.3, 0.4) is 0 Å². The lowest BCUT2D eigenvalue weighted by atomic mass is 14.0. The van der Waals surface area contributed by atoms with Crippen LogP contribution >= 0.6 is 16.5 Å². The largest absolute Gasteiger partial charge is 0.741 e. The van der Waals surface area contributed by atoms with Gasteiger partial charge < -0.3 is 11.0 Å². The molecular formula is H5NO5P2+2. The van der Waals surface area contributed by atoms with Gasteiger partial charge in [-0.15, -0.1) is 4.89 Å². The van der Waals surface area contributed by atoms with Crippen molar-refractivity contribution >= 4 is 16.5 Å². The van der Waals surface area contributed by atoms with E-state index in [1.54, 1.807) is 0 Å². The van der Waals surface area contributed by atoms with Gasteiger partial charge >= 0.3 is 16.5 Å². The Morgan fingerprint density at radius 1 is 1.50 bits per heavy atom. The molecule has 6 nitrogen and oxygen atoms in total. The van der Waals surface area contributed by atoms with Crippen molar-refractivity contribution in [3.05, 3.63) is 0 Å². The molecule has 0 bridgehead atoms. The molecule has 0 fully saturated rings. The Hall–Kier alpha value is 0.0400. The van der Waals surface area contributed by atoms with Gasteiger partial charge in [0.2, 0.25) is 0 Å². The average molecular weight is 161 g/mol. The first-order valence-electron chi connectivity index (χ1n) is 1.11. The molecule has 0 radical (unpaired) electrons. The summed E-state index contributed by atoms with van der Waals surface area (Å²) in [5.41, 5.74) is 0. The summed E-state index contributed by atoms with van der Waals surface area (Å²) in [6, 6.07) is 0. The maximum Gasteiger partial charge on any atom is 0.741 e. The fraction of sp³-hybridized carbons (Fsp3) is 0. The first-order valence-corrected chi connectivity index (χ1v) is 3.34. The van der Waals surface area contributed by atoms with Gasteiger partial charge in [-0.25, -0.2) is 0 Å². The first-order chi connectivity index (χ1) is 3.13. The van der Waals surface area contributed by atoms with Gasteiger partial charge in [-0.05, 0) is 4.57 Å². The molecule has 0 spiro atoms. The summed E-state index contributed by atoms with van der Waals surface area (Å²) < 4.78 is 21.9. The van der Waals surface area contributed by atoms with Crippen LogP contribution < -0.4 is 11.0 Å². The van der Waals surface area contributed by atoms with E-state index < -0.39 is 16.5 Å². The van der Waals surface area contributed by atoms with Gasteiger partial charge in [0.1, 0.15) is 4.31 Å². The third-order valence-corrected chi connectivity index (χ3v) is 1.23. The van der Waals surface area contributed by atoms with E-state index in [1.807, 2.05) is 0 Å². The van der Waals surface area contributed by atoms with Gasteiger partial charge in [-0.3, -0.25) is 0 Å². The SMILES string of the molecule is O=[P+]([O-])O[P+](=O)O.[NH4+]. The van der Waals surface area contributed by atoms with E-state index in [4.69, 9.17) is 4.89 Å². The second kappa shape index (κ2) is 5.18. The quantitative estimate of drug-likeness (QED) is 0.553. The van der Waals surface area contributed by atoms with Crippen molar-refractivity contribution in [1.82, 2.24) is 6.15 Å². The molecule has 0 saturated carbocycles. The molecule has 8 heteroatoms. The van der Waals surface area contributed by atoms with Gasteiger partial charge in [0, 0.05) is 4.57 Å². The minimum Gasteiger partial charge on any atom is -0.563 e. The van der Waals surface area contributed by atoms with Crippen molar-refractivity contribution < 1.29 is 23.2 Å². The fourth-order valence-electron chi connectivity index (χ4n) is 0.0570. The Balaban J connectivity index is 0. The standard InChI is InChI=1S/H3N.O5P2/c;1-6(2)5-7(3)4/h1H3;/p+2. The Morgan fingerprint density at radius 3 is 1.88 bits per heavy atom. The van der Waals surface area contributed by atoms with E-state index in [0.29, 0.717) is 0 Å². The van der Waals surface area contributed by atoms with Crippen LogP contribution in [-0.4, -0.2) is 4.89 Å². The highest BCUT2D eigenvalue weighted by Gasteiger charge is 2.23. The summed E-state index contributed by atoms with van der Waals surface area (Å²) in [5, 5.41) is 0. The van der Waals surface area contributed by atoms with Gasteiger partial charge in [0.15, 0.2) is 0 Å². The molecule has 0 aromatic carbocycles. The minimum atomic E-state index is -3.17. The molecule has 0 aliphatic heterocycles. The first kappa shape index (κ1) is 10.9. The molecule has 0 aliphatic rings. The molecule has 2 unspecified atom stereocenters. The summed E-state index contributed by atoms with van der Waals surface area (Å²) in [6.07, 6.45) is 0. The minimum absolute atomic E-state index is 0. The van der Waals surface area contributed by atoms with E-state index in [2.05, 4.69) is 4.31 Å². The zero-order valence-corrected chi connectivity index (χ0v) is 5.76. The van der Waals surface area contributed by atoms with E-state index >= 15 is 0 Å². The van der Waals surface area contributed by atoms with Crippen LogP contribution in [0.2, 0.25) is 0 Å². The number of rotatable bonds is 2. The van der Waals surface area contributed by atoms with E-state index in [-0.39, 0.29) is 6.15 Å². The Bertz CT molecular complexity index is 86.6. The van der Waals surface area contributed by atoms with Crippen molar-refractivity contribution in [1.29, 1.82) is 0 Å². The third-order valence-electron chi connectivity index (χ3n) is 0.137. The van der Waals surface area contributed by atoms with Crippen molar-refractivity contribution in [2.45, 2.75) is 0 Å². The molecule has 0 aliphatic carbocycles. The summed E-state index contributed by atoms with van der Waals surface area (Å²) in [5.74, 6) is 0. The molecule has 0 heterocycles. The lowest BCUT2D eigenvalue weighted by Crippen LogP contribution is -1.83. The van der Waals surface area contributed by atoms with Crippen LogP contribution in [0.15, 0.2) is 0 Å². The summed E-state index contributed by atoms with van der Waals surface area (Å²) >= 11 is 0. The van der Waals surface area contributed by atoms with Crippen LogP contribution in [-0.2, 0) is 13.4 Å². The Labute approximate surface area is 47.0 Å². The molecule has 0 rings (SSSR count). The second-order valence-corrected chi connectivity index (χ2v) is 2.12. The second-order valence-electron chi connectivity index (χ2n) is 0.543. The highest BCUT2D eigenvalue weighted by Crippen LogP contribution is 2.27. The molecular weight excluding hydrogens is 156 g/mol.